The quantitative estimate of drug-likeness (QED) is 0.744. The molecule has 0 aliphatic carbocycles. The molecule has 25 heavy (non-hydrogen) atoms. The van der Waals surface area contributed by atoms with Crippen LogP contribution < -0.4 is 15.8 Å². The first-order valence-corrected chi connectivity index (χ1v) is 9.10. The number of nitrogens with two attached hydrogens (primary N) is 1. The number of hydrogen-bond donors (Lipinski definition) is 2. The number of aryl methyl sites for hydroxylation is 1. The zero-order valence-electron chi connectivity index (χ0n) is 15.4. The number of ether oxygens (including phenoxy) is 2. The summed E-state index contributed by atoms with van der Waals surface area (Å²) < 4.78 is 10.5. The first kappa shape index (κ1) is 19.6. The van der Waals surface area contributed by atoms with Gasteiger partial charge in [-0.25, -0.2) is 4.98 Å². The molecule has 2 rings (SSSR count). The van der Waals surface area contributed by atoms with Gasteiger partial charge in [0, 0.05) is 19.2 Å². The number of fused-ring (bicyclic) bond motifs is 1. The Morgan fingerprint density at radius 3 is 2.52 bits per heavy atom. The van der Waals surface area contributed by atoms with Gasteiger partial charge in [0.2, 0.25) is 5.88 Å². The predicted molar refractivity (Wildman–Crippen MR) is 99.3 cm³/mol. The van der Waals surface area contributed by atoms with Crippen molar-refractivity contribution in [3.63, 3.8) is 0 Å². The van der Waals surface area contributed by atoms with Crippen molar-refractivity contribution < 1.29 is 14.3 Å². The third-order valence-electron chi connectivity index (χ3n) is 4.49. The topological polar surface area (TPSA) is 99.4 Å². The van der Waals surface area contributed by atoms with E-state index in [0.29, 0.717) is 28.0 Å². The van der Waals surface area contributed by atoms with Crippen molar-refractivity contribution in [2.75, 3.05) is 20.8 Å². The second-order valence-corrected chi connectivity index (χ2v) is 7.07. The Morgan fingerprint density at radius 2 is 1.96 bits per heavy atom. The number of aromatic nitrogens is 2. The number of thiophene rings is 1. The zero-order valence-corrected chi connectivity index (χ0v) is 16.2. The molecule has 0 unspecified atom stereocenters. The normalized spacial score (nSPS) is 11.8. The average Bonchev–Trinajstić information content (AvgIpc) is 2.96. The molecule has 8 heteroatoms. The minimum atomic E-state index is -0.386. The Hall–Kier alpha value is -1.77. The number of amides is 1. The highest BCUT2D eigenvalue weighted by Gasteiger charge is 2.24. The van der Waals surface area contributed by atoms with E-state index in [1.165, 1.54) is 11.3 Å². The summed E-state index contributed by atoms with van der Waals surface area (Å²) in [6.07, 6.45) is 1.60. The van der Waals surface area contributed by atoms with E-state index in [2.05, 4.69) is 15.3 Å². The van der Waals surface area contributed by atoms with Crippen LogP contribution >= 0.6 is 11.3 Å². The Labute approximate surface area is 151 Å². The lowest BCUT2D eigenvalue weighted by Crippen LogP contribution is -2.49. The fraction of sp³-hybridized carbons (Fsp3) is 0.588. The van der Waals surface area contributed by atoms with Crippen molar-refractivity contribution in [2.24, 2.45) is 5.73 Å². The van der Waals surface area contributed by atoms with Crippen LogP contribution in [0.3, 0.4) is 0 Å². The molecule has 2 aromatic rings. The van der Waals surface area contributed by atoms with E-state index in [-0.39, 0.29) is 18.1 Å². The highest BCUT2D eigenvalue weighted by Crippen LogP contribution is 2.35. The van der Waals surface area contributed by atoms with Gasteiger partial charge in [-0.1, -0.05) is 13.8 Å². The van der Waals surface area contributed by atoms with Crippen LogP contribution in [-0.4, -0.2) is 42.2 Å². The monoisotopic (exact) mass is 366 g/mol. The Balaban J connectivity index is 2.35. The lowest BCUT2D eigenvalue weighted by atomic mass is 9.94. The molecular formula is C17H26N4O3S. The first-order valence-electron chi connectivity index (χ1n) is 8.29. The summed E-state index contributed by atoms with van der Waals surface area (Å²) in [5, 5.41) is 3.72. The second kappa shape index (κ2) is 8.07. The van der Waals surface area contributed by atoms with Crippen molar-refractivity contribution in [1.29, 1.82) is 0 Å². The lowest BCUT2D eigenvalue weighted by Gasteiger charge is -2.26. The number of methoxy groups -OCH3 is 2. The smallest absolute Gasteiger partial charge is 0.261 e. The summed E-state index contributed by atoms with van der Waals surface area (Å²) in [4.78, 5) is 22.8. The molecule has 0 radical (unpaired) electrons. The van der Waals surface area contributed by atoms with Crippen LogP contribution in [0.5, 0.6) is 5.88 Å². The number of hydrogen-bond acceptors (Lipinski definition) is 7. The van der Waals surface area contributed by atoms with Gasteiger partial charge in [0.15, 0.2) is 5.82 Å². The maximum atomic E-state index is 12.7. The van der Waals surface area contributed by atoms with Gasteiger partial charge >= 0.3 is 0 Å². The molecule has 0 aliphatic rings. The molecule has 2 heterocycles. The van der Waals surface area contributed by atoms with Crippen molar-refractivity contribution in [3.05, 3.63) is 16.3 Å². The van der Waals surface area contributed by atoms with Crippen LogP contribution in [0.4, 0.5) is 0 Å². The second-order valence-electron chi connectivity index (χ2n) is 6.07. The van der Waals surface area contributed by atoms with Crippen LogP contribution in [0.1, 0.15) is 47.7 Å². The Morgan fingerprint density at radius 1 is 1.28 bits per heavy atom. The maximum Gasteiger partial charge on any atom is 0.261 e. The van der Waals surface area contributed by atoms with E-state index in [0.717, 1.165) is 23.8 Å². The maximum absolute atomic E-state index is 12.7. The summed E-state index contributed by atoms with van der Waals surface area (Å²) in [5.74, 6) is 0.839. The van der Waals surface area contributed by atoms with Crippen molar-refractivity contribution in [2.45, 2.75) is 45.8 Å². The molecule has 0 fully saturated rings. The number of carbonyl (C=O) groups excluding carboxylic acids is 1. The average molecular weight is 366 g/mol. The lowest BCUT2D eigenvalue weighted by molar-refractivity contribution is 0.0946. The molecule has 7 nitrogen and oxygen atoms in total. The standard InChI is InChI=1S/C17H26N4O3S/c1-6-17(18,7-2)9-19-14(22)13-10(3)12-15(24-5)20-11(8-23-4)21-16(12)25-13/h6-9,18H2,1-5H3,(H,19,22). The molecule has 0 aromatic carbocycles. The van der Waals surface area contributed by atoms with Crippen LogP contribution in [-0.2, 0) is 11.3 Å². The predicted octanol–water partition coefficient (Wildman–Crippen LogP) is 2.40. The van der Waals surface area contributed by atoms with Gasteiger partial charge in [0.25, 0.3) is 5.91 Å². The third kappa shape index (κ3) is 4.08. The Bertz CT molecular complexity index is 756. The van der Waals surface area contributed by atoms with Crippen molar-refractivity contribution >= 4 is 27.5 Å². The molecule has 0 bridgehead atoms. The van der Waals surface area contributed by atoms with E-state index >= 15 is 0 Å². The number of nitrogens with one attached hydrogen (secondary N) is 1. The van der Waals surface area contributed by atoms with Gasteiger partial charge < -0.3 is 20.5 Å². The van der Waals surface area contributed by atoms with E-state index in [1.807, 2.05) is 20.8 Å². The zero-order chi connectivity index (χ0) is 18.6. The van der Waals surface area contributed by atoms with Gasteiger partial charge in [0.1, 0.15) is 11.4 Å². The highest BCUT2D eigenvalue weighted by atomic mass is 32.1. The molecule has 138 valence electrons. The summed E-state index contributed by atoms with van der Waals surface area (Å²) in [5.41, 5.74) is 6.70. The van der Waals surface area contributed by atoms with Crippen LogP contribution in [0.25, 0.3) is 10.2 Å². The number of carbonyl (C=O) groups is 1. The van der Waals surface area contributed by atoms with Crippen molar-refractivity contribution in [1.82, 2.24) is 15.3 Å². The van der Waals surface area contributed by atoms with Gasteiger partial charge in [-0.05, 0) is 25.3 Å². The number of nitrogens with zero attached hydrogens (tertiary/aromatic N) is 2. The minimum absolute atomic E-state index is 0.146. The minimum Gasteiger partial charge on any atom is -0.480 e. The van der Waals surface area contributed by atoms with E-state index in [4.69, 9.17) is 15.2 Å². The summed E-state index contributed by atoms with van der Waals surface area (Å²) >= 11 is 1.33. The third-order valence-corrected chi connectivity index (χ3v) is 5.67. The molecule has 1 amide bonds. The van der Waals surface area contributed by atoms with Gasteiger partial charge in [-0.15, -0.1) is 11.3 Å². The van der Waals surface area contributed by atoms with Crippen molar-refractivity contribution in [3.8, 4) is 5.88 Å². The molecule has 0 saturated carbocycles. The van der Waals surface area contributed by atoms with Gasteiger partial charge in [0.05, 0.1) is 17.4 Å². The van der Waals surface area contributed by atoms with E-state index in [9.17, 15) is 4.79 Å². The molecule has 3 N–H and O–H groups in total. The van der Waals surface area contributed by atoms with E-state index in [1.54, 1.807) is 14.2 Å². The molecule has 0 spiro atoms. The van der Waals surface area contributed by atoms with Gasteiger partial charge in [-0.3, -0.25) is 4.79 Å². The fourth-order valence-corrected chi connectivity index (χ4v) is 3.65. The molecule has 0 aliphatic heterocycles. The Kier molecular flexibility index (Phi) is 6.31. The largest absolute Gasteiger partial charge is 0.480 e. The first-order chi connectivity index (χ1) is 11.9. The summed E-state index contributed by atoms with van der Waals surface area (Å²) in [7, 11) is 3.14. The SMILES string of the molecule is CCC(N)(CC)CNC(=O)c1sc2nc(COC)nc(OC)c2c1C. The van der Waals surface area contributed by atoms with E-state index < -0.39 is 0 Å². The number of rotatable bonds is 8. The van der Waals surface area contributed by atoms with Crippen LogP contribution in [0, 0.1) is 6.92 Å². The highest BCUT2D eigenvalue weighted by molar-refractivity contribution is 7.20. The van der Waals surface area contributed by atoms with Crippen LogP contribution in [0.15, 0.2) is 0 Å². The van der Waals surface area contributed by atoms with Crippen LogP contribution in [0.2, 0.25) is 0 Å². The molecule has 2 aromatic heterocycles. The van der Waals surface area contributed by atoms with Gasteiger partial charge in [-0.2, -0.15) is 4.98 Å². The molecule has 0 saturated heterocycles. The fourth-order valence-electron chi connectivity index (χ4n) is 2.54. The molecule has 0 atom stereocenters. The summed E-state index contributed by atoms with van der Waals surface area (Å²) in [6.45, 7) is 6.65. The molecular weight excluding hydrogens is 340 g/mol. The summed E-state index contributed by atoms with van der Waals surface area (Å²) in [6, 6.07) is 0.